The van der Waals surface area contributed by atoms with Crippen LogP contribution < -0.4 is 5.73 Å². The van der Waals surface area contributed by atoms with Crippen LogP contribution in [0.2, 0.25) is 0 Å². The van der Waals surface area contributed by atoms with Gasteiger partial charge in [0.1, 0.15) is 16.3 Å². The van der Waals surface area contributed by atoms with E-state index in [-0.39, 0.29) is 6.61 Å². The molecule has 0 fully saturated rings. The standard InChI is InChI=1S/C15H16N6OS/c1-20-10(4-2-7-22)19-12-13(20)14-9(18-15(12)16)8-11(23-14)21-6-3-5-17-21/h3,5-6,8,22H,2,4,7H2,1H3,(H2,16,18). The molecule has 118 valence electrons. The molecular formula is C15H16N6OS. The topological polar surface area (TPSA) is 94.8 Å². The molecule has 0 saturated heterocycles. The maximum absolute atomic E-state index is 9.05. The van der Waals surface area contributed by atoms with Gasteiger partial charge in [-0.3, -0.25) is 0 Å². The molecular weight excluding hydrogens is 312 g/mol. The Morgan fingerprint density at radius 2 is 2.22 bits per heavy atom. The van der Waals surface area contributed by atoms with Crippen LogP contribution in [0.5, 0.6) is 0 Å². The van der Waals surface area contributed by atoms with Gasteiger partial charge in [-0.05, 0) is 12.5 Å². The highest BCUT2D eigenvalue weighted by Crippen LogP contribution is 2.35. The summed E-state index contributed by atoms with van der Waals surface area (Å²) in [6.07, 6.45) is 5.04. The number of aliphatic hydroxyl groups excluding tert-OH is 1. The Morgan fingerprint density at radius 3 is 2.96 bits per heavy atom. The number of aromatic nitrogens is 5. The lowest BCUT2D eigenvalue weighted by Gasteiger charge is -2.01. The van der Waals surface area contributed by atoms with Gasteiger partial charge in [0, 0.05) is 38.5 Å². The highest BCUT2D eigenvalue weighted by Gasteiger charge is 2.17. The Hall–Kier alpha value is -2.45. The van der Waals surface area contributed by atoms with Crippen LogP contribution in [0.1, 0.15) is 12.2 Å². The summed E-state index contributed by atoms with van der Waals surface area (Å²) in [7, 11) is 1.98. The van der Waals surface area contributed by atoms with E-state index in [0.29, 0.717) is 18.7 Å². The van der Waals surface area contributed by atoms with Crippen molar-refractivity contribution in [2.45, 2.75) is 12.8 Å². The van der Waals surface area contributed by atoms with Crippen molar-refractivity contribution in [2.24, 2.45) is 7.05 Å². The predicted molar refractivity (Wildman–Crippen MR) is 90.8 cm³/mol. The van der Waals surface area contributed by atoms with E-state index in [0.717, 1.165) is 32.1 Å². The number of imidazole rings is 1. The van der Waals surface area contributed by atoms with Gasteiger partial charge in [0.15, 0.2) is 5.82 Å². The van der Waals surface area contributed by atoms with Gasteiger partial charge in [-0.1, -0.05) is 0 Å². The smallest absolute Gasteiger partial charge is 0.152 e. The summed E-state index contributed by atoms with van der Waals surface area (Å²) in [5, 5.41) is 14.3. The summed E-state index contributed by atoms with van der Waals surface area (Å²) < 4.78 is 4.91. The van der Waals surface area contributed by atoms with E-state index < -0.39 is 0 Å². The number of nitrogen functional groups attached to an aromatic ring is 1. The molecule has 0 saturated carbocycles. The molecule has 7 nitrogen and oxygen atoms in total. The van der Waals surface area contributed by atoms with Crippen molar-refractivity contribution in [3.8, 4) is 5.00 Å². The third-order valence-electron chi connectivity index (χ3n) is 3.87. The first-order valence-electron chi connectivity index (χ1n) is 7.34. The van der Waals surface area contributed by atoms with Gasteiger partial charge in [-0.2, -0.15) is 5.10 Å². The Labute approximate surface area is 136 Å². The SMILES string of the molecule is Cn1c(CCCO)nc2c(N)nc3cc(-n4cccn4)sc3c21. The number of aryl methyl sites for hydroxylation is 2. The summed E-state index contributed by atoms with van der Waals surface area (Å²) in [4.78, 5) is 9.11. The van der Waals surface area contributed by atoms with Gasteiger partial charge in [-0.25, -0.2) is 14.6 Å². The lowest BCUT2D eigenvalue weighted by molar-refractivity contribution is 0.287. The number of pyridine rings is 1. The van der Waals surface area contributed by atoms with Gasteiger partial charge >= 0.3 is 0 Å². The molecule has 0 atom stereocenters. The Balaban J connectivity index is 1.97. The highest BCUT2D eigenvalue weighted by molar-refractivity contribution is 7.22. The van der Waals surface area contributed by atoms with E-state index in [4.69, 9.17) is 10.8 Å². The number of hydrogen-bond acceptors (Lipinski definition) is 6. The Bertz CT molecular complexity index is 985. The molecule has 8 heteroatoms. The van der Waals surface area contributed by atoms with Crippen molar-refractivity contribution in [1.29, 1.82) is 0 Å². The third kappa shape index (κ3) is 2.18. The van der Waals surface area contributed by atoms with Gasteiger partial charge in [0.25, 0.3) is 0 Å². The number of nitrogens with two attached hydrogens (primary N) is 1. The second-order valence-electron chi connectivity index (χ2n) is 5.36. The Morgan fingerprint density at radius 1 is 1.35 bits per heavy atom. The van der Waals surface area contributed by atoms with Gasteiger partial charge in [0.05, 0.1) is 15.7 Å². The molecule has 0 amide bonds. The minimum atomic E-state index is 0.148. The van der Waals surface area contributed by atoms with E-state index in [2.05, 4.69) is 19.6 Å². The van der Waals surface area contributed by atoms with Crippen molar-refractivity contribution in [1.82, 2.24) is 24.3 Å². The van der Waals surface area contributed by atoms with Crippen LogP contribution in [0.4, 0.5) is 5.82 Å². The number of anilines is 1. The number of aliphatic hydroxyl groups is 1. The lowest BCUT2D eigenvalue weighted by Crippen LogP contribution is -1.99. The number of thiophene rings is 1. The van der Waals surface area contributed by atoms with E-state index in [1.54, 1.807) is 17.5 Å². The second kappa shape index (κ2) is 5.32. The van der Waals surface area contributed by atoms with Crippen LogP contribution in [0, 0.1) is 0 Å². The summed E-state index contributed by atoms with van der Waals surface area (Å²) in [5.41, 5.74) is 8.67. The van der Waals surface area contributed by atoms with Gasteiger partial charge in [-0.15, -0.1) is 11.3 Å². The monoisotopic (exact) mass is 328 g/mol. The summed E-state index contributed by atoms with van der Waals surface area (Å²) >= 11 is 1.62. The molecule has 0 unspecified atom stereocenters. The molecule has 0 aliphatic rings. The number of hydrogen-bond donors (Lipinski definition) is 2. The third-order valence-corrected chi connectivity index (χ3v) is 5.00. The molecule has 0 aliphatic heterocycles. The fourth-order valence-corrected chi connectivity index (χ4v) is 3.88. The fraction of sp³-hybridized carbons (Fsp3) is 0.267. The lowest BCUT2D eigenvalue weighted by atomic mass is 10.3. The summed E-state index contributed by atoms with van der Waals surface area (Å²) in [6.45, 7) is 0.148. The maximum atomic E-state index is 9.05. The average molecular weight is 328 g/mol. The Kier molecular flexibility index (Phi) is 3.28. The van der Waals surface area contributed by atoms with Crippen LogP contribution in [-0.2, 0) is 13.5 Å². The van der Waals surface area contributed by atoms with Crippen LogP contribution in [0.25, 0.3) is 26.3 Å². The minimum Gasteiger partial charge on any atom is -0.396 e. The zero-order valence-electron chi connectivity index (χ0n) is 12.6. The molecule has 23 heavy (non-hydrogen) atoms. The zero-order valence-corrected chi connectivity index (χ0v) is 13.4. The first-order valence-corrected chi connectivity index (χ1v) is 8.16. The van der Waals surface area contributed by atoms with Crippen LogP contribution >= 0.6 is 11.3 Å². The molecule has 3 N–H and O–H groups in total. The maximum Gasteiger partial charge on any atom is 0.152 e. The first-order chi connectivity index (χ1) is 11.2. The van der Waals surface area contributed by atoms with Gasteiger partial charge < -0.3 is 15.4 Å². The van der Waals surface area contributed by atoms with E-state index in [1.165, 1.54) is 0 Å². The summed E-state index contributed by atoms with van der Waals surface area (Å²) in [6, 6.07) is 3.88. The number of nitrogens with zero attached hydrogens (tertiary/aromatic N) is 5. The minimum absolute atomic E-state index is 0.148. The first kappa shape index (κ1) is 14.2. The normalized spacial score (nSPS) is 11.7. The van der Waals surface area contributed by atoms with Crippen molar-refractivity contribution in [3.63, 3.8) is 0 Å². The highest BCUT2D eigenvalue weighted by atomic mass is 32.1. The van der Waals surface area contributed by atoms with Crippen LogP contribution in [0.15, 0.2) is 24.5 Å². The predicted octanol–water partition coefficient (Wildman–Crippen LogP) is 1.88. The van der Waals surface area contributed by atoms with Crippen molar-refractivity contribution >= 4 is 38.4 Å². The van der Waals surface area contributed by atoms with Crippen LogP contribution in [0.3, 0.4) is 0 Å². The quantitative estimate of drug-likeness (QED) is 0.596. The molecule has 0 radical (unpaired) electrons. The molecule has 4 heterocycles. The molecule has 4 aromatic rings. The van der Waals surface area contributed by atoms with E-state index >= 15 is 0 Å². The average Bonchev–Trinajstić information content (AvgIpc) is 3.24. The van der Waals surface area contributed by atoms with Crippen molar-refractivity contribution < 1.29 is 5.11 Å². The molecule has 0 aromatic carbocycles. The van der Waals surface area contributed by atoms with Crippen LogP contribution in [-0.4, -0.2) is 36.0 Å². The molecule has 4 aromatic heterocycles. The van der Waals surface area contributed by atoms with Crippen molar-refractivity contribution in [2.75, 3.05) is 12.3 Å². The van der Waals surface area contributed by atoms with Crippen molar-refractivity contribution in [3.05, 3.63) is 30.4 Å². The second-order valence-corrected chi connectivity index (χ2v) is 6.39. The fourth-order valence-electron chi connectivity index (χ4n) is 2.76. The number of rotatable bonds is 4. The van der Waals surface area contributed by atoms with E-state index in [9.17, 15) is 0 Å². The molecule has 0 bridgehead atoms. The summed E-state index contributed by atoms with van der Waals surface area (Å²) in [5.74, 6) is 1.34. The van der Waals surface area contributed by atoms with E-state index in [1.807, 2.05) is 30.1 Å². The molecule has 4 rings (SSSR count). The largest absolute Gasteiger partial charge is 0.396 e. The molecule has 0 aliphatic carbocycles. The van der Waals surface area contributed by atoms with Gasteiger partial charge in [0.2, 0.25) is 0 Å². The molecule has 0 spiro atoms. The zero-order chi connectivity index (χ0) is 16.0. The number of fused-ring (bicyclic) bond motifs is 3.